The van der Waals surface area contributed by atoms with E-state index in [1.165, 1.54) is 12.1 Å². The Morgan fingerprint density at radius 3 is 2.17 bits per heavy atom. The lowest BCUT2D eigenvalue weighted by atomic mass is 10.1. The molecule has 12 heavy (non-hydrogen) atoms. The van der Waals surface area contributed by atoms with E-state index in [9.17, 15) is 8.78 Å². The number of hydrogen-bond donors (Lipinski definition) is 1. The van der Waals surface area contributed by atoms with Crippen molar-refractivity contribution in [3.8, 4) is 0 Å². The minimum Gasteiger partial charge on any atom is -0.328 e. The van der Waals surface area contributed by atoms with Crippen molar-refractivity contribution in [2.45, 2.75) is 19.4 Å². The van der Waals surface area contributed by atoms with Crippen molar-refractivity contribution in [2.24, 2.45) is 5.73 Å². The fourth-order valence-electron chi connectivity index (χ4n) is 1.10. The van der Waals surface area contributed by atoms with Gasteiger partial charge in [-0.15, -0.1) is 0 Å². The van der Waals surface area contributed by atoms with Crippen LogP contribution in [0.3, 0.4) is 0 Å². The van der Waals surface area contributed by atoms with Crippen LogP contribution in [-0.2, 0) is 6.42 Å². The summed E-state index contributed by atoms with van der Waals surface area (Å²) < 4.78 is 25.2. The quantitative estimate of drug-likeness (QED) is 0.722. The molecular weight excluding hydrogens is 160 g/mol. The van der Waals surface area contributed by atoms with Gasteiger partial charge in [-0.3, -0.25) is 0 Å². The number of hydrogen-bond acceptors (Lipinski definition) is 1. The van der Waals surface area contributed by atoms with Crippen molar-refractivity contribution >= 4 is 0 Å². The van der Waals surface area contributed by atoms with Gasteiger partial charge >= 0.3 is 0 Å². The van der Waals surface area contributed by atoms with Crippen LogP contribution < -0.4 is 5.73 Å². The molecule has 0 heterocycles. The van der Waals surface area contributed by atoms with E-state index in [4.69, 9.17) is 5.73 Å². The SMILES string of the molecule is CC(N)Cc1cc(F)cc(F)c1. The summed E-state index contributed by atoms with van der Waals surface area (Å²) in [6.45, 7) is 1.79. The first-order valence-electron chi connectivity index (χ1n) is 3.78. The maximum absolute atomic E-state index is 12.6. The van der Waals surface area contributed by atoms with E-state index >= 15 is 0 Å². The lowest BCUT2D eigenvalue weighted by molar-refractivity contribution is 0.577. The zero-order valence-corrected chi connectivity index (χ0v) is 6.85. The zero-order valence-electron chi connectivity index (χ0n) is 6.85. The summed E-state index contributed by atoms with van der Waals surface area (Å²) in [7, 11) is 0. The molecule has 2 N–H and O–H groups in total. The molecule has 0 aliphatic rings. The van der Waals surface area contributed by atoms with Crippen LogP contribution in [0, 0.1) is 11.6 Å². The van der Waals surface area contributed by atoms with Crippen LogP contribution in [0.2, 0.25) is 0 Å². The van der Waals surface area contributed by atoms with Crippen molar-refractivity contribution in [2.75, 3.05) is 0 Å². The molecule has 0 saturated heterocycles. The molecule has 66 valence electrons. The molecule has 1 aromatic carbocycles. The van der Waals surface area contributed by atoms with Crippen molar-refractivity contribution in [1.82, 2.24) is 0 Å². The first-order valence-corrected chi connectivity index (χ1v) is 3.78. The van der Waals surface area contributed by atoms with Crippen LogP contribution >= 0.6 is 0 Å². The van der Waals surface area contributed by atoms with Crippen LogP contribution in [0.1, 0.15) is 12.5 Å². The highest BCUT2D eigenvalue weighted by Crippen LogP contribution is 2.09. The standard InChI is InChI=1S/C9H11F2N/c1-6(12)2-7-3-8(10)5-9(11)4-7/h3-6H,2,12H2,1H3. The van der Waals surface area contributed by atoms with Gasteiger partial charge in [0.1, 0.15) is 11.6 Å². The lowest BCUT2D eigenvalue weighted by Crippen LogP contribution is -2.17. The number of halogens is 2. The minimum atomic E-state index is -0.550. The van der Waals surface area contributed by atoms with E-state index in [0.29, 0.717) is 12.0 Å². The Morgan fingerprint density at radius 1 is 1.25 bits per heavy atom. The second kappa shape index (κ2) is 3.63. The largest absolute Gasteiger partial charge is 0.328 e. The molecule has 3 heteroatoms. The molecule has 0 aliphatic heterocycles. The molecule has 0 aliphatic carbocycles. The summed E-state index contributed by atoms with van der Waals surface area (Å²) in [6.07, 6.45) is 0.495. The van der Waals surface area contributed by atoms with Gasteiger partial charge in [-0.1, -0.05) is 0 Å². The third-order valence-corrected chi connectivity index (χ3v) is 1.48. The molecular formula is C9H11F2N. The predicted molar refractivity (Wildman–Crippen MR) is 43.7 cm³/mol. The van der Waals surface area contributed by atoms with Crippen LogP contribution in [0.25, 0.3) is 0 Å². The summed E-state index contributed by atoms with van der Waals surface area (Å²) >= 11 is 0. The van der Waals surface area contributed by atoms with Gasteiger partial charge in [0.15, 0.2) is 0 Å². The maximum atomic E-state index is 12.6. The normalized spacial score (nSPS) is 13.0. The fraction of sp³-hybridized carbons (Fsp3) is 0.333. The summed E-state index contributed by atoms with van der Waals surface area (Å²) in [5.74, 6) is -1.10. The highest BCUT2D eigenvalue weighted by atomic mass is 19.1. The predicted octanol–water partition coefficient (Wildman–Crippen LogP) is 1.85. The molecule has 0 amide bonds. The average molecular weight is 171 g/mol. The molecule has 1 rings (SSSR count). The first-order chi connectivity index (χ1) is 5.58. The smallest absolute Gasteiger partial charge is 0.126 e. The van der Waals surface area contributed by atoms with E-state index < -0.39 is 11.6 Å². The monoisotopic (exact) mass is 171 g/mol. The summed E-state index contributed by atoms with van der Waals surface area (Å²) in [5, 5.41) is 0. The topological polar surface area (TPSA) is 26.0 Å². The second-order valence-corrected chi connectivity index (χ2v) is 2.96. The van der Waals surface area contributed by atoms with Gasteiger partial charge in [-0.05, 0) is 31.0 Å². The Morgan fingerprint density at radius 2 is 1.75 bits per heavy atom. The molecule has 0 aromatic heterocycles. The van der Waals surface area contributed by atoms with Crippen molar-refractivity contribution in [3.63, 3.8) is 0 Å². The Bertz CT molecular complexity index is 251. The summed E-state index contributed by atoms with van der Waals surface area (Å²) in [4.78, 5) is 0. The molecule has 0 fully saturated rings. The third kappa shape index (κ3) is 2.58. The van der Waals surface area contributed by atoms with E-state index in [1.807, 2.05) is 0 Å². The van der Waals surface area contributed by atoms with Gasteiger partial charge in [-0.2, -0.15) is 0 Å². The van der Waals surface area contributed by atoms with Crippen molar-refractivity contribution in [3.05, 3.63) is 35.4 Å². The average Bonchev–Trinajstić information content (AvgIpc) is 1.81. The number of nitrogens with two attached hydrogens (primary N) is 1. The first kappa shape index (κ1) is 9.13. The van der Waals surface area contributed by atoms with Crippen LogP contribution in [0.5, 0.6) is 0 Å². The minimum absolute atomic E-state index is 0.0776. The highest BCUT2D eigenvalue weighted by molar-refractivity contribution is 5.18. The number of benzene rings is 1. The van der Waals surface area contributed by atoms with Gasteiger partial charge in [0, 0.05) is 12.1 Å². The molecule has 1 atom stereocenters. The van der Waals surface area contributed by atoms with E-state index in [-0.39, 0.29) is 6.04 Å². The van der Waals surface area contributed by atoms with E-state index in [0.717, 1.165) is 6.07 Å². The molecule has 0 saturated carbocycles. The van der Waals surface area contributed by atoms with Gasteiger partial charge in [0.05, 0.1) is 0 Å². The summed E-state index contributed by atoms with van der Waals surface area (Å²) in [6, 6.07) is 3.37. The van der Waals surface area contributed by atoms with Gasteiger partial charge in [0.25, 0.3) is 0 Å². The summed E-state index contributed by atoms with van der Waals surface area (Å²) in [5.41, 5.74) is 6.08. The van der Waals surface area contributed by atoms with Crippen molar-refractivity contribution in [1.29, 1.82) is 0 Å². The third-order valence-electron chi connectivity index (χ3n) is 1.48. The Kier molecular flexibility index (Phi) is 2.76. The van der Waals surface area contributed by atoms with Crippen LogP contribution in [0.15, 0.2) is 18.2 Å². The molecule has 1 unspecified atom stereocenters. The molecule has 0 spiro atoms. The molecule has 1 nitrogen and oxygen atoms in total. The molecule has 0 bridgehead atoms. The molecule has 1 aromatic rings. The fourth-order valence-corrected chi connectivity index (χ4v) is 1.10. The van der Waals surface area contributed by atoms with Crippen LogP contribution in [0.4, 0.5) is 8.78 Å². The Balaban J connectivity index is 2.85. The molecule has 0 radical (unpaired) electrons. The maximum Gasteiger partial charge on any atom is 0.126 e. The van der Waals surface area contributed by atoms with E-state index in [2.05, 4.69) is 0 Å². The zero-order chi connectivity index (χ0) is 9.14. The second-order valence-electron chi connectivity index (χ2n) is 2.96. The lowest BCUT2D eigenvalue weighted by Gasteiger charge is -2.04. The highest BCUT2D eigenvalue weighted by Gasteiger charge is 2.02. The Labute approximate surface area is 70.2 Å². The van der Waals surface area contributed by atoms with Gasteiger partial charge in [0.2, 0.25) is 0 Å². The van der Waals surface area contributed by atoms with Gasteiger partial charge in [-0.25, -0.2) is 8.78 Å². The van der Waals surface area contributed by atoms with Crippen molar-refractivity contribution < 1.29 is 8.78 Å². The van der Waals surface area contributed by atoms with Crippen LogP contribution in [-0.4, -0.2) is 6.04 Å². The van der Waals surface area contributed by atoms with E-state index in [1.54, 1.807) is 6.92 Å². The van der Waals surface area contributed by atoms with Gasteiger partial charge < -0.3 is 5.73 Å². The Hall–Kier alpha value is -0.960. The number of rotatable bonds is 2.